The van der Waals surface area contributed by atoms with E-state index in [0.717, 1.165) is 52.8 Å². The number of aliphatic imine (C=N–C) groups is 1. The van der Waals surface area contributed by atoms with Crippen molar-refractivity contribution in [1.82, 2.24) is 25.1 Å². The number of aromatic amines is 1. The van der Waals surface area contributed by atoms with Crippen LogP contribution in [-0.4, -0.2) is 73.2 Å². The molecule has 4 aromatic rings. The Bertz CT molecular complexity index is 1450. The molecule has 220 valence electrons. The Balaban J connectivity index is 1.39. The predicted octanol–water partition coefficient (Wildman–Crippen LogP) is 6.76. The average molecular weight is 571 g/mol. The number of hydrogen-bond donors (Lipinski definition) is 2. The molecule has 4 rings (SSSR count). The summed E-state index contributed by atoms with van der Waals surface area (Å²) in [4.78, 5) is 16.2. The lowest BCUT2D eigenvalue weighted by Gasteiger charge is -2.23. The number of halogens is 2. The van der Waals surface area contributed by atoms with Gasteiger partial charge in [0, 0.05) is 39.2 Å². The maximum Gasteiger partial charge on any atom is 0.257 e. The van der Waals surface area contributed by atoms with E-state index in [9.17, 15) is 8.78 Å². The third-order valence-electron chi connectivity index (χ3n) is 7.07. The largest absolute Gasteiger partial charge is 0.386 e. The zero-order valence-electron chi connectivity index (χ0n) is 25.0. The summed E-state index contributed by atoms with van der Waals surface area (Å²) in [5.41, 5.74) is 7.40. The van der Waals surface area contributed by atoms with Crippen molar-refractivity contribution < 1.29 is 8.78 Å². The molecule has 0 radical (unpaired) electrons. The van der Waals surface area contributed by atoms with E-state index in [0.29, 0.717) is 6.54 Å². The van der Waals surface area contributed by atoms with Gasteiger partial charge in [-0.1, -0.05) is 78.9 Å². The molecule has 0 spiro atoms. The Morgan fingerprint density at radius 2 is 1.57 bits per heavy atom. The van der Waals surface area contributed by atoms with Gasteiger partial charge in [0.05, 0.1) is 30.3 Å². The topological polar surface area (TPSA) is 59.6 Å². The summed E-state index contributed by atoms with van der Waals surface area (Å²) in [7, 11) is 7.68. The van der Waals surface area contributed by atoms with E-state index in [1.54, 1.807) is 19.5 Å². The number of aromatic nitrogens is 2. The average Bonchev–Trinajstić information content (AvgIpc) is 3.44. The van der Waals surface area contributed by atoms with Crippen LogP contribution >= 0.6 is 0 Å². The van der Waals surface area contributed by atoms with Gasteiger partial charge in [0.1, 0.15) is 5.82 Å². The number of benzene rings is 3. The number of hydrogen-bond acceptors (Lipinski definition) is 5. The van der Waals surface area contributed by atoms with E-state index in [4.69, 9.17) is 0 Å². The molecule has 0 fully saturated rings. The minimum absolute atomic E-state index is 0.240. The number of nitrogens with one attached hydrogen (secondary N) is 2. The molecule has 42 heavy (non-hydrogen) atoms. The van der Waals surface area contributed by atoms with Crippen molar-refractivity contribution in [3.05, 3.63) is 108 Å². The number of H-pyrrole nitrogens is 1. The summed E-state index contributed by atoms with van der Waals surface area (Å²) in [6, 6.07) is 27.4. The van der Waals surface area contributed by atoms with Crippen molar-refractivity contribution in [2.24, 2.45) is 4.99 Å². The molecule has 3 aromatic carbocycles. The highest BCUT2D eigenvalue weighted by molar-refractivity contribution is 5.72. The van der Waals surface area contributed by atoms with E-state index < -0.39 is 5.92 Å². The van der Waals surface area contributed by atoms with Crippen molar-refractivity contribution >= 4 is 11.9 Å². The Kier molecular flexibility index (Phi) is 10.4. The molecule has 1 atom stereocenters. The van der Waals surface area contributed by atoms with Gasteiger partial charge >= 0.3 is 0 Å². The zero-order valence-corrected chi connectivity index (χ0v) is 25.0. The van der Waals surface area contributed by atoms with Gasteiger partial charge in [-0.3, -0.25) is 9.89 Å². The van der Waals surface area contributed by atoms with Crippen LogP contribution in [0.15, 0.2) is 96.3 Å². The summed E-state index contributed by atoms with van der Waals surface area (Å²) >= 11 is 0. The van der Waals surface area contributed by atoms with E-state index in [2.05, 4.69) is 99.9 Å². The van der Waals surface area contributed by atoms with Gasteiger partial charge in [0.25, 0.3) is 5.92 Å². The monoisotopic (exact) mass is 570 g/mol. The van der Waals surface area contributed by atoms with Gasteiger partial charge in [0.15, 0.2) is 0 Å². The van der Waals surface area contributed by atoms with Crippen molar-refractivity contribution in [2.75, 3.05) is 41.3 Å². The SMILES string of the molecule is CN/C(=C\N=CCN(C)CC(C)(F)F)c1ccc(-c2ccc(-c3cnc(CC(c4ccccc4)N(C)C)[nH]3)cc2)cc1. The fourth-order valence-corrected chi connectivity index (χ4v) is 4.89. The second-order valence-corrected chi connectivity index (χ2v) is 10.9. The standard InChI is InChI=1S/C34H40F2N6/c1-34(35,36)24-42(5)20-19-38-22-30(37-2)27-15-11-25(12-16-27)26-13-17-28(18-14-26)31-23-39-33(40-31)21-32(41(3)4)29-9-7-6-8-10-29/h6-19,22-23,32,37H,20-21,24H2,1-5H3,(H,39,40)/b30-22-,38-19?. The molecular formula is C34H40F2N6. The highest BCUT2D eigenvalue weighted by Crippen LogP contribution is 2.27. The van der Waals surface area contributed by atoms with Crippen molar-refractivity contribution in [3.63, 3.8) is 0 Å². The summed E-state index contributed by atoms with van der Waals surface area (Å²) in [5, 5.41) is 3.16. The molecule has 1 unspecified atom stereocenters. The summed E-state index contributed by atoms with van der Waals surface area (Å²) < 4.78 is 26.3. The summed E-state index contributed by atoms with van der Waals surface area (Å²) in [5.74, 6) is -1.77. The maximum atomic E-state index is 13.1. The number of nitrogens with zero attached hydrogens (tertiary/aromatic N) is 4. The third kappa shape index (κ3) is 8.68. The van der Waals surface area contributed by atoms with Crippen LogP contribution in [0.2, 0.25) is 0 Å². The van der Waals surface area contributed by atoms with Gasteiger partial charge in [-0.15, -0.1) is 0 Å². The smallest absolute Gasteiger partial charge is 0.257 e. The summed E-state index contributed by atoms with van der Waals surface area (Å²) in [6.07, 6.45) is 6.04. The molecule has 0 amide bonds. The second kappa shape index (κ2) is 14.2. The summed E-state index contributed by atoms with van der Waals surface area (Å²) in [6.45, 7) is 0.954. The zero-order chi connectivity index (χ0) is 30.1. The van der Waals surface area contributed by atoms with Gasteiger partial charge in [-0.2, -0.15) is 0 Å². The van der Waals surface area contributed by atoms with Crippen molar-refractivity contribution in [1.29, 1.82) is 0 Å². The quantitative estimate of drug-likeness (QED) is 0.174. The molecule has 0 aliphatic rings. The van der Waals surface area contributed by atoms with Gasteiger partial charge < -0.3 is 15.2 Å². The van der Waals surface area contributed by atoms with Crippen LogP contribution in [0.25, 0.3) is 28.1 Å². The maximum absolute atomic E-state index is 13.1. The Morgan fingerprint density at radius 1 is 0.952 bits per heavy atom. The molecule has 0 bridgehead atoms. The molecule has 8 heteroatoms. The predicted molar refractivity (Wildman–Crippen MR) is 170 cm³/mol. The molecule has 0 aliphatic heterocycles. The first-order chi connectivity index (χ1) is 20.1. The molecular weight excluding hydrogens is 530 g/mol. The third-order valence-corrected chi connectivity index (χ3v) is 7.07. The Labute approximate surface area is 247 Å². The number of likely N-dealkylation sites (N-methyl/N-ethyl adjacent to an activating group) is 1. The van der Waals surface area contributed by atoms with Crippen LogP contribution in [0, 0.1) is 0 Å². The molecule has 0 aliphatic carbocycles. The lowest BCUT2D eigenvalue weighted by atomic mass is 10.0. The first-order valence-electron chi connectivity index (χ1n) is 14.1. The Hall–Kier alpha value is -4.14. The molecule has 1 aromatic heterocycles. The first kappa shape index (κ1) is 30.8. The van der Waals surface area contributed by atoms with E-state index in [1.165, 1.54) is 10.5 Å². The second-order valence-electron chi connectivity index (χ2n) is 10.9. The lowest BCUT2D eigenvalue weighted by Crippen LogP contribution is -2.33. The van der Waals surface area contributed by atoms with Gasteiger partial charge in [0.2, 0.25) is 0 Å². The van der Waals surface area contributed by atoms with E-state index in [1.807, 2.05) is 31.4 Å². The molecule has 2 N–H and O–H groups in total. The van der Waals surface area contributed by atoms with Crippen molar-refractivity contribution in [2.45, 2.75) is 25.3 Å². The highest BCUT2D eigenvalue weighted by atomic mass is 19.3. The van der Waals surface area contributed by atoms with Gasteiger partial charge in [-0.05, 0) is 49.0 Å². The fourth-order valence-electron chi connectivity index (χ4n) is 4.89. The van der Waals surface area contributed by atoms with Crippen LogP contribution in [0.4, 0.5) is 8.78 Å². The minimum atomic E-state index is -2.72. The molecule has 1 heterocycles. The minimum Gasteiger partial charge on any atom is -0.386 e. The molecule has 0 saturated carbocycles. The van der Waals surface area contributed by atoms with Gasteiger partial charge in [-0.25, -0.2) is 13.8 Å². The number of alkyl halides is 2. The van der Waals surface area contributed by atoms with Crippen LogP contribution in [-0.2, 0) is 6.42 Å². The fraction of sp³-hybridized carbons (Fsp3) is 0.294. The first-order valence-corrected chi connectivity index (χ1v) is 14.1. The van der Waals surface area contributed by atoms with Crippen molar-refractivity contribution in [3.8, 4) is 22.4 Å². The number of rotatable bonds is 13. The van der Waals surface area contributed by atoms with Crippen LogP contribution < -0.4 is 5.32 Å². The van der Waals surface area contributed by atoms with E-state index >= 15 is 0 Å². The Morgan fingerprint density at radius 3 is 2.17 bits per heavy atom. The highest BCUT2D eigenvalue weighted by Gasteiger charge is 2.22. The molecule has 6 nitrogen and oxygen atoms in total. The van der Waals surface area contributed by atoms with Crippen LogP contribution in [0.5, 0.6) is 0 Å². The number of imidazole rings is 1. The normalized spacial score (nSPS) is 13.3. The van der Waals surface area contributed by atoms with Crippen LogP contribution in [0.1, 0.15) is 29.9 Å². The van der Waals surface area contributed by atoms with E-state index in [-0.39, 0.29) is 12.6 Å². The molecule has 0 saturated heterocycles. The lowest BCUT2D eigenvalue weighted by molar-refractivity contribution is -0.00432. The van der Waals surface area contributed by atoms with Crippen LogP contribution in [0.3, 0.4) is 0 Å².